The molecule has 0 saturated carbocycles. The minimum atomic E-state index is -4.28. The molecular weight excluding hydrogens is 627 g/mol. The van der Waals surface area contributed by atoms with Crippen LogP contribution in [0.15, 0.2) is 48.6 Å². The molecule has 48 heavy (non-hydrogen) atoms. The quantitative estimate of drug-likeness (QED) is 0.0306. The highest BCUT2D eigenvalue weighted by molar-refractivity contribution is 7.47. The average Bonchev–Trinajstić information content (AvgIpc) is 3.06. The van der Waals surface area contributed by atoms with Crippen LogP contribution in [0.25, 0.3) is 0 Å². The van der Waals surface area contributed by atoms with E-state index in [9.17, 15) is 19.0 Å². The molecule has 0 spiro atoms. The number of ether oxygens (including phenoxy) is 2. The number of hydrogen-bond donors (Lipinski definition) is 1. The second-order valence-electron chi connectivity index (χ2n) is 12.2. The molecule has 0 saturated heterocycles. The molecule has 0 aliphatic carbocycles. The molecule has 0 amide bonds. The van der Waals surface area contributed by atoms with E-state index in [1.165, 1.54) is 32.1 Å². The highest BCUT2D eigenvalue weighted by Crippen LogP contribution is 2.43. The van der Waals surface area contributed by atoms with Gasteiger partial charge < -0.3 is 14.4 Å². The fraction of sp³-hybridized carbons (Fsp3) is 0.744. The van der Waals surface area contributed by atoms with Crippen LogP contribution in [0.4, 0.5) is 0 Å². The molecular formula is C39H69O8P. The zero-order chi connectivity index (χ0) is 35.4. The summed E-state index contributed by atoms with van der Waals surface area (Å²) < 4.78 is 32.5. The summed E-state index contributed by atoms with van der Waals surface area (Å²) in [7, 11) is -4.28. The highest BCUT2D eigenvalue weighted by Gasteiger charge is 2.25. The van der Waals surface area contributed by atoms with Gasteiger partial charge in [-0.05, 0) is 77.6 Å². The maximum Gasteiger partial charge on any atom is 0.472 e. The third-order valence-electron chi connectivity index (χ3n) is 7.59. The van der Waals surface area contributed by atoms with Gasteiger partial charge in [-0.2, -0.15) is 0 Å². The first-order chi connectivity index (χ1) is 23.3. The van der Waals surface area contributed by atoms with Crippen LogP contribution in [0.5, 0.6) is 0 Å². The molecule has 2 unspecified atom stereocenters. The van der Waals surface area contributed by atoms with Crippen molar-refractivity contribution in [1.82, 2.24) is 0 Å². The summed E-state index contributed by atoms with van der Waals surface area (Å²) in [6, 6.07) is 0. The van der Waals surface area contributed by atoms with E-state index in [2.05, 4.69) is 62.5 Å². The lowest BCUT2D eigenvalue weighted by Crippen LogP contribution is -2.29. The second-order valence-corrected chi connectivity index (χ2v) is 13.7. The number of esters is 2. The van der Waals surface area contributed by atoms with Gasteiger partial charge in [0.1, 0.15) is 6.61 Å². The topological polar surface area (TPSA) is 108 Å². The number of rotatable bonds is 34. The van der Waals surface area contributed by atoms with Crippen LogP contribution in [-0.4, -0.2) is 42.8 Å². The molecule has 0 radical (unpaired) electrons. The Morgan fingerprint density at radius 2 is 1.04 bits per heavy atom. The molecule has 9 heteroatoms. The number of allylic oxidation sites excluding steroid dienone is 8. The van der Waals surface area contributed by atoms with Crippen molar-refractivity contribution in [3.63, 3.8) is 0 Å². The van der Waals surface area contributed by atoms with Crippen molar-refractivity contribution in [2.75, 3.05) is 19.8 Å². The minimum absolute atomic E-state index is 0.00648. The van der Waals surface area contributed by atoms with Gasteiger partial charge in [0.05, 0.1) is 13.2 Å². The zero-order valence-electron chi connectivity index (χ0n) is 30.6. The SMILES string of the molecule is CCC/C=C\C/C=C\CCCCCCCC(=O)OCC(COP(=O)(O)OCC)OC(=O)CCCCCCC/C=C\C/C=C\CCCCC. The van der Waals surface area contributed by atoms with E-state index in [-0.39, 0.29) is 32.0 Å². The van der Waals surface area contributed by atoms with Gasteiger partial charge in [0, 0.05) is 12.8 Å². The number of carbonyl (C=O) groups is 2. The Morgan fingerprint density at radius 3 is 1.56 bits per heavy atom. The first-order valence-electron chi connectivity index (χ1n) is 18.9. The second kappa shape index (κ2) is 34.9. The van der Waals surface area contributed by atoms with E-state index in [0.29, 0.717) is 6.42 Å². The van der Waals surface area contributed by atoms with Crippen LogP contribution in [0, 0.1) is 0 Å². The van der Waals surface area contributed by atoms with E-state index in [1.54, 1.807) is 6.92 Å². The summed E-state index contributed by atoms with van der Waals surface area (Å²) in [6.45, 7) is 5.33. The maximum absolute atomic E-state index is 12.5. The molecule has 0 bridgehead atoms. The highest BCUT2D eigenvalue weighted by atomic mass is 31.2. The van der Waals surface area contributed by atoms with Crippen molar-refractivity contribution in [2.45, 2.75) is 168 Å². The molecule has 8 nitrogen and oxygen atoms in total. The van der Waals surface area contributed by atoms with Gasteiger partial charge in [0.15, 0.2) is 6.10 Å². The molecule has 0 rings (SSSR count). The third kappa shape index (κ3) is 33.9. The van der Waals surface area contributed by atoms with Crippen LogP contribution in [0.3, 0.4) is 0 Å². The third-order valence-corrected chi connectivity index (χ3v) is 8.65. The summed E-state index contributed by atoms with van der Waals surface area (Å²) in [4.78, 5) is 34.6. The molecule has 0 aromatic rings. The Labute approximate surface area is 293 Å². The first-order valence-corrected chi connectivity index (χ1v) is 20.4. The lowest BCUT2D eigenvalue weighted by Gasteiger charge is -2.19. The largest absolute Gasteiger partial charge is 0.472 e. The predicted molar refractivity (Wildman–Crippen MR) is 198 cm³/mol. The zero-order valence-corrected chi connectivity index (χ0v) is 31.5. The fourth-order valence-corrected chi connectivity index (χ4v) is 5.57. The van der Waals surface area contributed by atoms with Crippen molar-refractivity contribution < 1.29 is 37.6 Å². The van der Waals surface area contributed by atoms with Gasteiger partial charge in [0.25, 0.3) is 0 Å². The normalized spacial score (nSPS) is 14.0. The van der Waals surface area contributed by atoms with Crippen LogP contribution >= 0.6 is 7.82 Å². The van der Waals surface area contributed by atoms with E-state index in [1.807, 2.05) is 0 Å². The van der Waals surface area contributed by atoms with Crippen LogP contribution in [0.2, 0.25) is 0 Å². The van der Waals surface area contributed by atoms with Gasteiger partial charge >= 0.3 is 19.8 Å². The molecule has 0 heterocycles. The minimum Gasteiger partial charge on any atom is -0.462 e. The van der Waals surface area contributed by atoms with Crippen molar-refractivity contribution in [3.8, 4) is 0 Å². The van der Waals surface area contributed by atoms with E-state index in [0.717, 1.165) is 89.9 Å². The smallest absolute Gasteiger partial charge is 0.462 e. The molecule has 0 fully saturated rings. The van der Waals surface area contributed by atoms with Gasteiger partial charge in [-0.1, -0.05) is 120 Å². The number of phosphoric ester groups is 1. The van der Waals surface area contributed by atoms with Gasteiger partial charge in [-0.25, -0.2) is 4.57 Å². The van der Waals surface area contributed by atoms with Gasteiger partial charge in [0.2, 0.25) is 0 Å². The monoisotopic (exact) mass is 696 g/mol. The summed E-state index contributed by atoms with van der Waals surface area (Å²) in [5, 5.41) is 0. The van der Waals surface area contributed by atoms with E-state index < -0.39 is 26.5 Å². The maximum atomic E-state index is 12.5. The summed E-state index contributed by atoms with van der Waals surface area (Å²) in [5.74, 6) is -0.835. The molecule has 2 atom stereocenters. The van der Waals surface area contributed by atoms with Crippen LogP contribution in [0.1, 0.15) is 162 Å². The average molecular weight is 697 g/mol. The summed E-state index contributed by atoms with van der Waals surface area (Å²) in [5.41, 5.74) is 0. The van der Waals surface area contributed by atoms with Gasteiger partial charge in [-0.3, -0.25) is 18.6 Å². The van der Waals surface area contributed by atoms with E-state index >= 15 is 0 Å². The Balaban J connectivity index is 4.21. The number of hydrogen-bond acceptors (Lipinski definition) is 7. The van der Waals surface area contributed by atoms with E-state index in [4.69, 9.17) is 18.5 Å². The van der Waals surface area contributed by atoms with Crippen molar-refractivity contribution in [3.05, 3.63) is 48.6 Å². The molecule has 1 N–H and O–H groups in total. The Morgan fingerprint density at radius 1 is 0.562 bits per heavy atom. The summed E-state index contributed by atoms with van der Waals surface area (Å²) in [6.07, 6.45) is 38.7. The standard InChI is InChI=1S/C39H69O8P/c1-4-7-9-11-13-15-17-19-20-22-24-26-28-30-32-34-39(41)47-37(36-46-48(42,43)45-6-3)35-44-38(40)33-31-29-27-25-23-21-18-16-14-12-10-8-5-2/h10,12-13,15-16,18-20,37H,4-9,11,14,17,21-36H2,1-3H3,(H,42,43)/b12-10-,15-13-,18-16-,20-19-. The number of phosphoric acid groups is 1. The van der Waals surface area contributed by atoms with Crippen LogP contribution < -0.4 is 0 Å². The Kier molecular flexibility index (Phi) is 33.4. The molecule has 0 aromatic heterocycles. The van der Waals surface area contributed by atoms with Crippen molar-refractivity contribution >= 4 is 19.8 Å². The molecule has 0 aliphatic heterocycles. The van der Waals surface area contributed by atoms with Crippen LogP contribution in [-0.2, 0) is 32.7 Å². The lowest BCUT2D eigenvalue weighted by molar-refractivity contribution is -0.161. The first kappa shape index (κ1) is 46.0. The van der Waals surface area contributed by atoms with Crippen molar-refractivity contribution in [2.24, 2.45) is 0 Å². The molecule has 0 aliphatic rings. The predicted octanol–water partition coefficient (Wildman–Crippen LogP) is 11.4. The Bertz CT molecular complexity index is 927. The fourth-order valence-electron chi connectivity index (χ4n) is 4.81. The van der Waals surface area contributed by atoms with Crippen molar-refractivity contribution in [1.29, 1.82) is 0 Å². The molecule has 0 aromatic carbocycles. The Hall–Kier alpha value is -1.99. The lowest BCUT2D eigenvalue weighted by atomic mass is 10.1. The number of unbranched alkanes of at least 4 members (excludes halogenated alkanes) is 14. The van der Waals surface area contributed by atoms with Gasteiger partial charge in [-0.15, -0.1) is 0 Å². The summed E-state index contributed by atoms with van der Waals surface area (Å²) >= 11 is 0. The number of carbonyl (C=O) groups excluding carboxylic acids is 2. The molecule has 278 valence electrons.